The summed E-state index contributed by atoms with van der Waals surface area (Å²) >= 11 is 6.23. The van der Waals surface area contributed by atoms with E-state index in [-0.39, 0.29) is 6.17 Å². The number of nitrogens with two attached hydrogens (primary N) is 2. The number of alkyl halides is 1. The van der Waals surface area contributed by atoms with Gasteiger partial charge in [-0.15, -0.1) is 11.6 Å². The monoisotopic (exact) mass is 301 g/mol. The van der Waals surface area contributed by atoms with E-state index in [0.29, 0.717) is 18.1 Å². The summed E-state index contributed by atoms with van der Waals surface area (Å²) in [6.45, 7) is 2.66. The molecule has 20 heavy (non-hydrogen) atoms. The first-order chi connectivity index (χ1) is 9.61. The highest BCUT2D eigenvalue weighted by atomic mass is 35.5. The van der Waals surface area contributed by atoms with E-state index in [1.807, 2.05) is 0 Å². The molecular weight excluding hydrogens is 270 g/mol. The predicted octanol–water partition coefficient (Wildman–Crippen LogP) is 3.26. The van der Waals surface area contributed by atoms with Gasteiger partial charge < -0.3 is 11.5 Å². The van der Waals surface area contributed by atoms with Crippen molar-refractivity contribution in [3.05, 3.63) is 0 Å². The molecule has 0 radical (unpaired) electrons. The van der Waals surface area contributed by atoms with Crippen LogP contribution in [0, 0.1) is 11.8 Å². The molecule has 2 rings (SSSR count). The fraction of sp³-hybridized carbons (Fsp3) is 1.00. The lowest BCUT2D eigenvalue weighted by Gasteiger charge is -2.43. The van der Waals surface area contributed by atoms with Crippen molar-refractivity contribution in [3.63, 3.8) is 0 Å². The Morgan fingerprint density at radius 1 is 1.10 bits per heavy atom. The zero-order valence-electron chi connectivity index (χ0n) is 12.9. The molecule has 0 spiro atoms. The van der Waals surface area contributed by atoms with Gasteiger partial charge >= 0.3 is 0 Å². The van der Waals surface area contributed by atoms with Crippen LogP contribution in [0.3, 0.4) is 0 Å². The maximum absolute atomic E-state index is 6.23. The average molecular weight is 302 g/mol. The van der Waals surface area contributed by atoms with Crippen molar-refractivity contribution < 1.29 is 0 Å². The Labute approximate surface area is 129 Å². The SMILES string of the molecule is CC(N)N(CN)C1CCCCC1CC1CCC(Cl)CC1. The van der Waals surface area contributed by atoms with Crippen LogP contribution in [0.2, 0.25) is 0 Å². The molecule has 3 unspecified atom stereocenters. The van der Waals surface area contributed by atoms with E-state index in [1.165, 1.54) is 57.8 Å². The van der Waals surface area contributed by atoms with Crippen LogP contribution in [0.15, 0.2) is 0 Å². The Bertz CT molecular complexity index is 277. The van der Waals surface area contributed by atoms with E-state index >= 15 is 0 Å². The number of nitrogens with zero attached hydrogens (tertiary/aromatic N) is 1. The Balaban J connectivity index is 1.92. The van der Waals surface area contributed by atoms with E-state index < -0.39 is 0 Å². The predicted molar refractivity (Wildman–Crippen MR) is 86.5 cm³/mol. The summed E-state index contributed by atoms with van der Waals surface area (Å²) < 4.78 is 0. The summed E-state index contributed by atoms with van der Waals surface area (Å²) in [5.74, 6) is 1.67. The lowest BCUT2D eigenvalue weighted by molar-refractivity contribution is 0.0586. The highest BCUT2D eigenvalue weighted by Gasteiger charge is 2.33. The van der Waals surface area contributed by atoms with Gasteiger partial charge in [-0.25, -0.2) is 0 Å². The van der Waals surface area contributed by atoms with Crippen molar-refractivity contribution in [1.29, 1.82) is 0 Å². The molecule has 3 atom stereocenters. The minimum atomic E-state index is 0.0733. The van der Waals surface area contributed by atoms with E-state index in [0.717, 1.165) is 11.8 Å². The fourth-order valence-electron chi connectivity index (χ4n) is 4.29. The number of hydrogen-bond donors (Lipinski definition) is 2. The lowest BCUT2D eigenvalue weighted by Crippen LogP contribution is -2.53. The molecule has 2 fully saturated rings. The Hall–Kier alpha value is 0.170. The van der Waals surface area contributed by atoms with Gasteiger partial charge in [0.2, 0.25) is 0 Å². The number of halogens is 1. The molecule has 3 nitrogen and oxygen atoms in total. The Morgan fingerprint density at radius 2 is 1.75 bits per heavy atom. The van der Waals surface area contributed by atoms with Gasteiger partial charge in [0.1, 0.15) is 0 Å². The van der Waals surface area contributed by atoms with Crippen LogP contribution < -0.4 is 11.5 Å². The van der Waals surface area contributed by atoms with Crippen molar-refractivity contribution in [2.45, 2.75) is 82.3 Å². The van der Waals surface area contributed by atoms with Crippen LogP contribution in [-0.4, -0.2) is 29.2 Å². The zero-order valence-corrected chi connectivity index (χ0v) is 13.7. The van der Waals surface area contributed by atoms with E-state index in [1.54, 1.807) is 0 Å². The fourth-order valence-corrected chi connectivity index (χ4v) is 4.54. The van der Waals surface area contributed by atoms with Crippen LogP contribution in [0.1, 0.15) is 64.7 Å². The van der Waals surface area contributed by atoms with Crippen molar-refractivity contribution in [3.8, 4) is 0 Å². The summed E-state index contributed by atoms with van der Waals surface area (Å²) in [4.78, 5) is 2.32. The zero-order chi connectivity index (χ0) is 14.5. The van der Waals surface area contributed by atoms with Gasteiger partial charge in [0.15, 0.2) is 0 Å². The second-order valence-electron chi connectivity index (χ2n) is 6.90. The summed E-state index contributed by atoms with van der Waals surface area (Å²) in [5.41, 5.74) is 12.1. The first-order valence-electron chi connectivity index (χ1n) is 8.47. The molecule has 0 aromatic heterocycles. The molecule has 0 aromatic carbocycles. The average Bonchev–Trinajstić information content (AvgIpc) is 2.43. The number of rotatable bonds is 5. The van der Waals surface area contributed by atoms with Gasteiger partial charge in [-0.2, -0.15) is 0 Å². The molecule has 0 saturated heterocycles. The van der Waals surface area contributed by atoms with Crippen LogP contribution in [0.25, 0.3) is 0 Å². The third kappa shape index (κ3) is 4.33. The topological polar surface area (TPSA) is 55.3 Å². The van der Waals surface area contributed by atoms with Crippen molar-refractivity contribution in [2.24, 2.45) is 23.3 Å². The second-order valence-corrected chi connectivity index (χ2v) is 7.52. The summed E-state index contributed by atoms with van der Waals surface area (Å²) in [5, 5.41) is 0.429. The van der Waals surface area contributed by atoms with E-state index in [4.69, 9.17) is 23.1 Å². The molecule has 0 heterocycles. The minimum Gasteiger partial charge on any atom is -0.318 e. The van der Waals surface area contributed by atoms with Gasteiger partial charge in [-0.1, -0.05) is 12.8 Å². The molecule has 0 aliphatic heterocycles. The smallest absolute Gasteiger partial charge is 0.0557 e. The normalized spacial score (nSPS) is 37.0. The van der Waals surface area contributed by atoms with Crippen molar-refractivity contribution >= 4 is 11.6 Å². The van der Waals surface area contributed by atoms with Crippen LogP contribution in [-0.2, 0) is 0 Å². The molecule has 2 saturated carbocycles. The Kier molecular flexibility index (Phi) is 6.60. The van der Waals surface area contributed by atoms with Gasteiger partial charge in [0, 0.05) is 18.1 Å². The second kappa shape index (κ2) is 7.98. The molecular formula is C16H32ClN3. The minimum absolute atomic E-state index is 0.0733. The first-order valence-corrected chi connectivity index (χ1v) is 8.91. The molecule has 2 aliphatic carbocycles. The first kappa shape index (κ1) is 16.5. The van der Waals surface area contributed by atoms with Gasteiger partial charge in [0.05, 0.1) is 6.17 Å². The molecule has 0 amide bonds. The van der Waals surface area contributed by atoms with Crippen LogP contribution in [0.4, 0.5) is 0 Å². The van der Waals surface area contributed by atoms with Gasteiger partial charge in [0.25, 0.3) is 0 Å². The molecule has 2 aliphatic rings. The Morgan fingerprint density at radius 3 is 2.35 bits per heavy atom. The summed E-state index contributed by atoms with van der Waals surface area (Å²) in [6, 6.07) is 0.600. The van der Waals surface area contributed by atoms with Crippen LogP contribution >= 0.6 is 11.6 Å². The van der Waals surface area contributed by atoms with Crippen molar-refractivity contribution in [2.75, 3.05) is 6.67 Å². The van der Waals surface area contributed by atoms with Crippen LogP contribution in [0.5, 0.6) is 0 Å². The molecule has 118 valence electrons. The highest BCUT2D eigenvalue weighted by molar-refractivity contribution is 6.20. The molecule has 0 bridgehead atoms. The highest BCUT2D eigenvalue weighted by Crippen LogP contribution is 2.38. The summed E-state index contributed by atoms with van der Waals surface area (Å²) in [6.07, 6.45) is 11.8. The molecule has 0 aromatic rings. The van der Waals surface area contributed by atoms with Crippen molar-refractivity contribution in [1.82, 2.24) is 4.90 Å². The largest absolute Gasteiger partial charge is 0.318 e. The maximum atomic E-state index is 6.23. The molecule has 4 N–H and O–H groups in total. The summed E-state index contributed by atoms with van der Waals surface area (Å²) in [7, 11) is 0. The number of hydrogen-bond acceptors (Lipinski definition) is 3. The van der Waals surface area contributed by atoms with Gasteiger partial charge in [-0.05, 0) is 63.7 Å². The third-order valence-electron chi connectivity index (χ3n) is 5.44. The lowest BCUT2D eigenvalue weighted by atomic mass is 9.74. The quantitative estimate of drug-likeness (QED) is 0.605. The molecule has 4 heteroatoms. The van der Waals surface area contributed by atoms with Gasteiger partial charge in [-0.3, -0.25) is 4.90 Å². The third-order valence-corrected chi connectivity index (χ3v) is 5.88. The van der Waals surface area contributed by atoms with E-state index in [9.17, 15) is 0 Å². The van der Waals surface area contributed by atoms with E-state index in [2.05, 4.69) is 11.8 Å². The standard InChI is InChI=1S/C16H32ClN3/c1-12(19)20(11-18)16-5-3-2-4-14(16)10-13-6-8-15(17)9-7-13/h12-16H,2-11,18-19H2,1H3. The maximum Gasteiger partial charge on any atom is 0.0557 e.